The topological polar surface area (TPSA) is 116 Å². The molecular weight excluding hydrogens is 517 g/mol. The number of benzene rings is 2. The van der Waals surface area contributed by atoms with Crippen LogP contribution >= 0.6 is 22.6 Å². The van der Waals surface area contributed by atoms with Crippen LogP contribution in [-0.4, -0.2) is 24.2 Å². The molecule has 10 heteroatoms. The molecule has 0 bridgehead atoms. The van der Waals surface area contributed by atoms with Crippen LogP contribution in [0.3, 0.4) is 0 Å². The van der Waals surface area contributed by atoms with Gasteiger partial charge in [0.2, 0.25) is 0 Å². The van der Waals surface area contributed by atoms with Gasteiger partial charge in [-0.05, 0) is 77.0 Å². The first-order chi connectivity index (χ1) is 14.9. The molecule has 0 saturated heterocycles. The lowest BCUT2D eigenvalue weighted by Gasteiger charge is -2.13. The molecule has 0 aliphatic carbocycles. The number of aryl methyl sites for hydroxylation is 1. The minimum atomic E-state index is -0.450. The first kappa shape index (κ1) is 22.3. The van der Waals surface area contributed by atoms with Crippen molar-refractivity contribution in [3.63, 3.8) is 0 Å². The van der Waals surface area contributed by atoms with Crippen LogP contribution in [-0.2, 0) is 6.61 Å². The zero-order chi connectivity index (χ0) is 22.4. The van der Waals surface area contributed by atoms with Crippen LogP contribution in [0.1, 0.15) is 27.4 Å². The zero-order valence-electron chi connectivity index (χ0n) is 16.6. The number of carbonyl (C=O) groups is 1. The summed E-state index contributed by atoms with van der Waals surface area (Å²) in [6.45, 7) is 1.97. The fourth-order valence-corrected chi connectivity index (χ4v) is 3.38. The lowest BCUT2D eigenvalue weighted by molar-refractivity contribution is -0.384. The third-order valence-corrected chi connectivity index (χ3v) is 4.93. The lowest BCUT2D eigenvalue weighted by Crippen LogP contribution is -2.16. The van der Waals surface area contributed by atoms with Gasteiger partial charge in [-0.25, -0.2) is 5.43 Å². The summed E-state index contributed by atoms with van der Waals surface area (Å²) in [4.78, 5) is 22.3. The Morgan fingerprint density at radius 2 is 2.00 bits per heavy atom. The Kier molecular flexibility index (Phi) is 7.23. The number of ether oxygens (including phenoxy) is 2. The maximum absolute atomic E-state index is 12.0. The molecular formula is C21H18IN3O6. The number of nitrogens with one attached hydrogen (secondary N) is 1. The van der Waals surface area contributed by atoms with Gasteiger partial charge in [-0.1, -0.05) is 0 Å². The van der Waals surface area contributed by atoms with Crippen molar-refractivity contribution in [1.29, 1.82) is 0 Å². The maximum atomic E-state index is 12.0. The van der Waals surface area contributed by atoms with Gasteiger partial charge < -0.3 is 13.9 Å². The molecule has 1 heterocycles. The zero-order valence-corrected chi connectivity index (χ0v) is 18.8. The second kappa shape index (κ2) is 10.1. The van der Waals surface area contributed by atoms with Gasteiger partial charge >= 0.3 is 5.91 Å². The molecule has 1 amide bonds. The molecule has 9 nitrogen and oxygen atoms in total. The highest BCUT2D eigenvalue weighted by Crippen LogP contribution is 2.34. The molecule has 1 aromatic heterocycles. The lowest BCUT2D eigenvalue weighted by atomic mass is 10.2. The predicted octanol–water partition coefficient (Wildman–Crippen LogP) is 4.45. The van der Waals surface area contributed by atoms with Crippen LogP contribution in [0.15, 0.2) is 58.0 Å². The predicted molar refractivity (Wildman–Crippen MR) is 122 cm³/mol. The number of hydrogen-bond donors (Lipinski definition) is 1. The van der Waals surface area contributed by atoms with E-state index >= 15 is 0 Å². The standard InChI is InChI=1S/C21H18IN3O6/c1-13-3-8-18(31-13)21(26)24-23-11-15-9-17(22)20(19(10-15)29-2)30-12-14-4-6-16(7-5-14)25(27)28/h3-11H,12H2,1-2H3,(H,24,26)/b23-11-. The molecule has 1 N–H and O–H groups in total. The van der Waals surface area contributed by atoms with Gasteiger partial charge in [0.05, 0.1) is 21.8 Å². The molecule has 0 atom stereocenters. The molecule has 3 aromatic rings. The molecule has 31 heavy (non-hydrogen) atoms. The van der Waals surface area contributed by atoms with Gasteiger partial charge in [-0.3, -0.25) is 14.9 Å². The summed E-state index contributed by atoms with van der Waals surface area (Å²) >= 11 is 2.11. The number of halogens is 1. The number of rotatable bonds is 8. The first-order valence-corrected chi connectivity index (χ1v) is 10.1. The van der Waals surface area contributed by atoms with Crippen molar-refractivity contribution in [2.75, 3.05) is 7.11 Å². The van der Waals surface area contributed by atoms with Crippen LogP contribution in [0.2, 0.25) is 0 Å². The summed E-state index contributed by atoms with van der Waals surface area (Å²) in [5, 5.41) is 14.7. The summed E-state index contributed by atoms with van der Waals surface area (Å²) in [5.41, 5.74) is 3.90. The van der Waals surface area contributed by atoms with Crippen molar-refractivity contribution in [2.45, 2.75) is 13.5 Å². The number of amides is 1. The highest BCUT2D eigenvalue weighted by Gasteiger charge is 2.13. The smallest absolute Gasteiger partial charge is 0.307 e. The van der Waals surface area contributed by atoms with Crippen molar-refractivity contribution in [2.24, 2.45) is 5.10 Å². The third kappa shape index (κ3) is 5.81. The Hall–Kier alpha value is -3.41. The maximum Gasteiger partial charge on any atom is 0.307 e. The minimum Gasteiger partial charge on any atom is -0.493 e. The van der Waals surface area contributed by atoms with E-state index in [-0.39, 0.29) is 18.1 Å². The number of hydrazone groups is 1. The molecule has 0 aliphatic heterocycles. The molecule has 0 saturated carbocycles. The molecule has 0 fully saturated rings. The van der Waals surface area contributed by atoms with Crippen LogP contribution < -0.4 is 14.9 Å². The number of non-ortho nitro benzene ring substituents is 1. The second-order valence-corrected chi connectivity index (χ2v) is 7.52. The quantitative estimate of drug-likeness (QED) is 0.197. The Morgan fingerprint density at radius 1 is 1.26 bits per heavy atom. The number of carbonyl (C=O) groups excluding carboxylic acids is 1. The van der Waals surface area contributed by atoms with Gasteiger partial charge in [-0.15, -0.1) is 0 Å². The molecule has 0 aliphatic rings. The Balaban J connectivity index is 1.67. The average Bonchev–Trinajstić information content (AvgIpc) is 3.19. The average molecular weight is 535 g/mol. The van der Waals surface area contributed by atoms with Crippen molar-refractivity contribution in [3.05, 3.63) is 84.9 Å². The normalized spacial score (nSPS) is 10.8. The minimum absolute atomic E-state index is 0.0221. The van der Waals surface area contributed by atoms with E-state index in [1.165, 1.54) is 25.5 Å². The summed E-state index contributed by atoms with van der Waals surface area (Å²) in [6.07, 6.45) is 1.48. The van der Waals surface area contributed by atoms with Crippen molar-refractivity contribution < 1.29 is 23.6 Å². The molecule has 3 rings (SSSR count). The van der Waals surface area contributed by atoms with Crippen LogP contribution in [0, 0.1) is 20.6 Å². The molecule has 2 aromatic carbocycles. The van der Waals surface area contributed by atoms with E-state index in [0.29, 0.717) is 22.8 Å². The molecule has 0 radical (unpaired) electrons. The van der Waals surface area contributed by atoms with Crippen molar-refractivity contribution in [1.82, 2.24) is 5.43 Å². The van der Waals surface area contributed by atoms with E-state index in [1.54, 1.807) is 37.3 Å². The highest BCUT2D eigenvalue weighted by atomic mass is 127. The summed E-state index contributed by atoms with van der Waals surface area (Å²) in [6, 6.07) is 13.0. The van der Waals surface area contributed by atoms with E-state index in [1.807, 2.05) is 6.07 Å². The van der Waals surface area contributed by atoms with Crippen molar-refractivity contribution in [3.8, 4) is 11.5 Å². The fraction of sp³-hybridized carbons (Fsp3) is 0.143. The number of furan rings is 1. The van der Waals surface area contributed by atoms with Gasteiger partial charge in [0.1, 0.15) is 12.4 Å². The van der Waals surface area contributed by atoms with Crippen molar-refractivity contribution >= 4 is 40.4 Å². The van der Waals surface area contributed by atoms with Gasteiger partial charge in [-0.2, -0.15) is 5.10 Å². The van der Waals surface area contributed by atoms with Gasteiger partial charge in [0, 0.05) is 12.1 Å². The molecule has 160 valence electrons. The van der Waals surface area contributed by atoms with E-state index in [2.05, 4.69) is 33.1 Å². The van der Waals surface area contributed by atoms with Crippen LogP contribution in [0.25, 0.3) is 0 Å². The number of methoxy groups -OCH3 is 1. The van der Waals surface area contributed by atoms with Crippen LogP contribution in [0.5, 0.6) is 11.5 Å². The van der Waals surface area contributed by atoms with E-state index in [0.717, 1.165) is 9.13 Å². The number of nitrogens with zero attached hydrogens (tertiary/aromatic N) is 2. The van der Waals surface area contributed by atoms with E-state index in [4.69, 9.17) is 13.9 Å². The van der Waals surface area contributed by atoms with Gasteiger partial charge in [0.25, 0.3) is 5.69 Å². The number of nitro groups is 1. The largest absolute Gasteiger partial charge is 0.493 e. The summed E-state index contributed by atoms with van der Waals surface area (Å²) in [7, 11) is 1.52. The second-order valence-electron chi connectivity index (χ2n) is 6.36. The number of nitro benzene ring substituents is 1. The number of hydrogen-bond acceptors (Lipinski definition) is 7. The van der Waals surface area contributed by atoms with E-state index < -0.39 is 10.8 Å². The third-order valence-electron chi connectivity index (χ3n) is 4.13. The Labute approximate surface area is 191 Å². The van der Waals surface area contributed by atoms with Crippen LogP contribution in [0.4, 0.5) is 5.69 Å². The first-order valence-electron chi connectivity index (χ1n) is 9.01. The Morgan fingerprint density at radius 3 is 2.61 bits per heavy atom. The van der Waals surface area contributed by atoms with Gasteiger partial charge in [0.15, 0.2) is 17.3 Å². The fourth-order valence-electron chi connectivity index (χ4n) is 2.60. The summed E-state index contributed by atoms with van der Waals surface area (Å²) in [5.74, 6) is 1.39. The monoisotopic (exact) mass is 535 g/mol. The molecule has 0 spiro atoms. The highest BCUT2D eigenvalue weighted by molar-refractivity contribution is 14.1. The van der Waals surface area contributed by atoms with E-state index in [9.17, 15) is 14.9 Å². The molecule has 0 unspecified atom stereocenters. The summed E-state index contributed by atoms with van der Waals surface area (Å²) < 4.78 is 17.3. The SMILES string of the molecule is COc1cc(/C=N\NC(=O)c2ccc(C)o2)cc(I)c1OCc1ccc([N+](=O)[O-])cc1. The Bertz CT molecular complexity index is 1120.